The summed E-state index contributed by atoms with van der Waals surface area (Å²) >= 11 is 0. The third-order valence-electron chi connectivity index (χ3n) is 3.06. The van der Waals surface area contributed by atoms with E-state index in [0.29, 0.717) is 18.9 Å². The van der Waals surface area contributed by atoms with E-state index in [0.717, 1.165) is 24.8 Å². The smallest absolute Gasteiger partial charge is 0.232 e. The molecule has 0 radical (unpaired) electrons. The predicted octanol–water partition coefficient (Wildman–Crippen LogP) is 3.61. The van der Waals surface area contributed by atoms with Crippen LogP contribution in [0, 0.1) is 5.41 Å². The van der Waals surface area contributed by atoms with Crippen LogP contribution in [-0.4, -0.2) is 22.4 Å². The molecule has 0 saturated carbocycles. The topological polar surface area (TPSA) is 46.1 Å². The summed E-state index contributed by atoms with van der Waals surface area (Å²) < 4.78 is 0. The molecule has 4 nitrogen and oxygen atoms in total. The molecule has 1 rings (SSSR count). The zero-order valence-electron chi connectivity index (χ0n) is 13.4. The first-order valence-electron chi connectivity index (χ1n) is 7.48. The second kappa shape index (κ2) is 7.36. The highest BCUT2D eigenvalue weighted by atomic mass is 16.2. The lowest BCUT2D eigenvalue weighted by molar-refractivity contribution is -0.120. The van der Waals surface area contributed by atoms with E-state index in [9.17, 15) is 4.79 Å². The van der Waals surface area contributed by atoms with Crippen LogP contribution in [-0.2, 0) is 11.2 Å². The maximum absolute atomic E-state index is 12.5. The molecule has 1 aromatic heterocycles. The Balaban J connectivity index is 2.89. The number of rotatable bonds is 6. The van der Waals surface area contributed by atoms with Crippen LogP contribution in [0.5, 0.6) is 0 Å². The van der Waals surface area contributed by atoms with Crippen LogP contribution >= 0.6 is 0 Å². The molecule has 1 aromatic rings. The van der Waals surface area contributed by atoms with E-state index < -0.39 is 0 Å². The molecule has 0 spiro atoms. The monoisotopic (exact) mass is 277 g/mol. The van der Waals surface area contributed by atoms with Gasteiger partial charge in [0.05, 0.1) is 0 Å². The molecule has 20 heavy (non-hydrogen) atoms. The number of carbonyl (C=O) groups excluding carboxylic acids is 1. The fourth-order valence-corrected chi connectivity index (χ4v) is 1.87. The number of carbonyl (C=O) groups is 1. The molecule has 0 unspecified atom stereocenters. The van der Waals surface area contributed by atoms with E-state index in [1.54, 1.807) is 4.90 Å². The fourth-order valence-electron chi connectivity index (χ4n) is 1.87. The molecule has 0 aliphatic rings. The summed E-state index contributed by atoms with van der Waals surface area (Å²) in [5.74, 6) is 0.639. The molecular weight excluding hydrogens is 250 g/mol. The lowest BCUT2D eigenvalue weighted by Gasteiger charge is -2.25. The van der Waals surface area contributed by atoms with Crippen molar-refractivity contribution in [2.24, 2.45) is 5.41 Å². The Morgan fingerprint density at radius 1 is 1.20 bits per heavy atom. The number of hydrogen-bond acceptors (Lipinski definition) is 3. The first-order valence-corrected chi connectivity index (χ1v) is 7.48. The Morgan fingerprint density at radius 3 is 2.25 bits per heavy atom. The number of hydrogen-bond donors (Lipinski definition) is 0. The van der Waals surface area contributed by atoms with Gasteiger partial charge in [0.25, 0.3) is 0 Å². The van der Waals surface area contributed by atoms with Crippen LogP contribution in [0.4, 0.5) is 5.95 Å². The maximum Gasteiger partial charge on any atom is 0.232 e. The van der Waals surface area contributed by atoms with Crippen molar-refractivity contribution in [3.8, 4) is 0 Å². The van der Waals surface area contributed by atoms with Gasteiger partial charge in [-0.05, 0) is 23.8 Å². The Hall–Kier alpha value is -1.45. The second-order valence-corrected chi connectivity index (χ2v) is 6.38. The van der Waals surface area contributed by atoms with Gasteiger partial charge in [0.15, 0.2) is 0 Å². The molecule has 0 atom stereocenters. The summed E-state index contributed by atoms with van der Waals surface area (Å²) in [7, 11) is 0. The quantitative estimate of drug-likeness (QED) is 0.798. The van der Waals surface area contributed by atoms with Crippen molar-refractivity contribution in [2.75, 3.05) is 11.4 Å². The highest BCUT2D eigenvalue weighted by Gasteiger charge is 2.23. The van der Waals surface area contributed by atoms with Crippen molar-refractivity contribution in [1.82, 2.24) is 9.97 Å². The lowest BCUT2D eigenvalue weighted by atomic mass is 9.91. The van der Waals surface area contributed by atoms with Gasteiger partial charge in [-0.1, -0.05) is 41.0 Å². The van der Waals surface area contributed by atoms with Crippen molar-refractivity contribution in [1.29, 1.82) is 0 Å². The number of nitrogens with zero attached hydrogens (tertiary/aromatic N) is 3. The average molecular weight is 277 g/mol. The standard InChI is InChI=1S/C16H27N3O/c1-6-8-9-19(14(20)10-16(3,4)5)15-17-11-13(7-2)12-18-15/h11-12H,6-10H2,1-5H3. The van der Waals surface area contributed by atoms with E-state index in [1.165, 1.54) is 0 Å². The Labute approximate surface area is 122 Å². The van der Waals surface area contributed by atoms with Gasteiger partial charge in [0.2, 0.25) is 11.9 Å². The maximum atomic E-state index is 12.5. The van der Waals surface area contributed by atoms with Gasteiger partial charge in [-0.15, -0.1) is 0 Å². The normalized spacial score (nSPS) is 11.4. The van der Waals surface area contributed by atoms with Gasteiger partial charge in [-0.2, -0.15) is 0 Å². The van der Waals surface area contributed by atoms with Crippen molar-refractivity contribution in [3.63, 3.8) is 0 Å². The first kappa shape index (κ1) is 16.6. The molecule has 0 aliphatic carbocycles. The number of unbranched alkanes of at least 4 members (excludes halogenated alkanes) is 1. The average Bonchev–Trinajstić information content (AvgIpc) is 2.38. The molecular formula is C16H27N3O. The number of aromatic nitrogens is 2. The molecule has 0 N–H and O–H groups in total. The van der Waals surface area contributed by atoms with E-state index in [4.69, 9.17) is 0 Å². The number of aryl methyl sites for hydroxylation is 1. The Morgan fingerprint density at radius 2 is 1.80 bits per heavy atom. The minimum absolute atomic E-state index is 0.0229. The first-order chi connectivity index (χ1) is 9.37. The second-order valence-electron chi connectivity index (χ2n) is 6.38. The molecule has 1 heterocycles. The third kappa shape index (κ3) is 5.27. The zero-order chi connectivity index (χ0) is 15.2. The van der Waals surface area contributed by atoms with Gasteiger partial charge in [-0.25, -0.2) is 9.97 Å². The van der Waals surface area contributed by atoms with Gasteiger partial charge in [0.1, 0.15) is 0 Å². The third-order valence-corrected chi connectivity index (χ3v) is 3.06. The van der Waals surface area contributed by atoms with Gasteiger partial charge < -0.3 is 0 Å². The van der Waals surface area contributed by atoms with Crippen LogP contribution in [0.3, 0.4) is 0 Å². The molecule has 0 bridgehead atoms. The number of anilines is 1. The summed E-state index contributed by atoms with van der Waals surface area (Å²) in [4.78, 5) is 22.9. The molecule has 112 valence electrons. The van der Waals surface area contributed by atoms with Gasteiger partial charge in [0, 0.05) is 25.4 Å². The van der Waals surface area contributed by atoms with Gasteiger partial charge in [-0.3, -0.25) is 9.69 Å². The summed E-state index contributed by atoms with van der Waals surface area (Å²) in [6.45, 7) is 11.1. The molecule has 1 amide bonds. The highest BCUT2D eigenvalue weighted by molar-refractivity contribution is 5.91. The molecule has 0 saturated heterocycles. The zero-order valence-corrected chi connectivity index (χ0v) is 13.4. The van der Waals surface area contributed by atoms with E-state index in [2.05, 4.69) is 44.6 Å². The van der Waals surface area contributed by atoms with Gasteiger partial charge >= 0.3 is 0 Å². The lowest BCUT2D eigenvalue weighted by Crippen LogP contribution is -2.35. The van der Waals surface area contributed by atoms with Crippen molar-refractivity contribution < 1.29 is 4.79 Å². The molecule has 0 aliphatic heterocycles. The summed E-state index contributed by atoms with van der Waals surface area (Å²) in [5, 5.41) is 0. The molecule has 4 heteroatoms. The van der Waals surface area contributed by atoms with E-state index in [1.807, 2.05) is 12.4 Å². The van der Waals surface area contributed by atoms with Crippen LogP contribution in [0.2, 0.25) is 0 Å². The van der Waals surface area contributed by atoms with Crippen molar-refractivity contribution in [2.45, 2.75) is 60.3 Å². The minimum Gasteiger partial charge on any atom is -0.281 e. The fraction of sp³-hybridized carbons (Fsp3) is 0.688. The summed E-state index contributed by atoms with van der Waals surface area (Å²) in [6.07, 6.45) is 7.05. The highest BCUT2D eigenvalue weighted by Crippen LogP contribution is 2.21. The van der Waals surface area contributed by atoms with Crippen LogP contribution in [0.25, 0.3) is 0 Å². The Bertz CT molecular complexity index is 420. The molecule has 0 fully saturated rings. The van der Waals surface area contributed by atoms with Crippen molar-refractivity contribution in [3.05, 3.63) is 18.0 Å². The largest absolute Gasteiger partial charge is 0.281 e. The molecule has 0 aromatic carbocycles. The Kier molecular flexibility index (Phi) is 6.11. The van der Waals surface area contributed by atoms with Crippen LogP contribution in [0.15, 0.2) is 12.4 Å². The number of amides is 1. The summed E-state index contributed by atoms with van der Waals surface area (Å²) in [5.41, 5.74) is 1.07. The van der Waals surface area contributed by atoms with Crippen molar-refractivity contribution >= 4 is 11.9 Å². The van der Waals surface area contributed by atoms with Crippen LogP contribution < -0.4 is 4.90 Å². The van der Waals surface area contributed by atoms with Crippen LogP contribution in [0.1, 0.15) is 59.4 Å². The van der Waals surface area contributed by atoms with E-state index in [-0.39, 0.29) is 11.3 Å². The summed E-state index contributed by atoms with van der Waals surface area (Å²) in [6, 6.07) is 0. The minimum atomic E-state index is -0.0229. The van der Waals surface area contributed by atoms with E-state index >= 15 is 0 Å². The SMILES string of the molecule is CCCCN(C(=O)CC(C)(C)C)c1ncc(CC)cn1. The predicted molar refractivity (Wildman–Crippen MR) is 82.7 cm³/mol.